The first-order chi connectivity index (χ1) is 9.63. The SMILES string of the molecule is CCC(F)(F)OC(F)(F)COCC(F)(F)OC(F)(F)C(=O)O. The molecule has 0 aromatic heterocycles. The second-order valence-corrected chi connectivity index (χ2v) is 3.78. The van der Waals surface area contributed by atoms with Crippen LogP contribution in [0.4, 0.5) is 35.1 Å². The van der Waals surface area contributed by atoms with E-state index in [9.17, 15) is 39.9 Å². The molecule has 0 bridgehead atoms. The Balaban J connectivity index is 4.47. The number of aliphatic carboxylic acids is 1. The average molecular weight is 350 g/mol. The minimum absolute atomic E-state index is 0.799. The number of ether oxygens (including phenoxy) is 3. The summed E-state index contributed by atoms with van der Waals surface area (Å²) in [6.07, 6.45) is -20.4. The summed E-state index contributed by atoms with van der Waals surface area (Å²) < 4.78 is 110. The lowest BCUT2D eigenvalue weighted by atomic mass is 10.4. The maximum atomic E-state index is 12.8. The third kappa shape index (κ3) is 7.70. The Morgan fingerprint density at radius 1 is 0.864 bits per heavy atom. The van der Waals surface area contributed by atoms with E-state index in [0.29, 0.717) is 0 Å². The topological polar surface area (TPSA) is 65.0 Å². The Morgan fingerprint density at radius 2 is 1.27 bits per heavy atom. The van der Waals surface area contributed by atoms with Crippen molar-refractivity contribution in [2.45, 2.75) is 37.8 Å². The van der Waals surface area contributed by atoms with Crippen LogP contribution in [0.15, 0.2) is 0 Å². The van der Waals surface area contributed by atoms with E-state index < -0.39 is 50.0 Å². The predicted molar refractivity (Wildman–Crippen MR) is 50.7 cm³/mol. The van der Waals surface area contributed by atoms with E-state index >= 15 is 0 Å². The number of halogens is 8. The lowest BCUT2D eigenvalue weighted by Gasteiger charge is -2.24. The van der Waals surface area contributed by atoms with Crippen LogP contribution in [0, 0.1) is 0 Å². The number of hydrogen-bond donors (Lipinski definition) is 1. The van der Waals surface area contributed by atoms with Crippen molar-refractivity contribution in [1.29, 1.82) is 0 Å². The lowest BCUT2D eigenvalue weighted by molar-refractivity contribution is -0.399. The van der Waals surface area contributed by atoms with Crippen LogP contribution >= 0.6 is 0 Å². The summed E-state index contributed by atoms with van der Waals surface area (Å²) >= 11 is 0. The van der Waals surface area contributed by atoms with Crippen LogP contribution in [0.25, 0.3) is 0 Å². The number of alkyl halides is 8. The predicted octanol–water partition coefficient (Wildman–Crippen LogP) is 2.90. The molecule has 0 saturated carbocycles. The average Bonchev–Trinajstić information content (AvgIpc) is 2.24. The summed E-state index contributed by atoms with van der Waals surface area (Å²) in [5, 5.41) is 7.84. The number of carboxylic acids is 1. The molecule has 22 heavy (non-hydrogen) atoms. The van der Waals surface area contributed by atoms with E-state index in [0.717, 1.165) is 6.92 Å². The molecule has 5 nitrogen and oxygen atoms in total. The van der Waals surface area contributed by atoms with Gasteiger partial charge in [0.2, 0.25) is 0 Å². The van der Waals surface area contributed by atoms with E-state index in [2.05, 4.69) is 14.2 Å². The van der Waals surface area contributed by atoms with Crippen LogP contribution in [0.2, 0.25) is 0 Å². The molecule has 0 aromatic carbocycles. The molecule has 0 aliphatic rings. The molecule has 132 valence electrons. The molecular formula is C9H10F8O5. The van der Waals surface area contributed by atoms with Crippen molar-refractivity contribution in [3.8, 4) is 0 Å². The Kier molecular flexibility index (Phi) is 6.53. The normalized spacial score (nSPS) is 14.2. The molecule has 1 N–H and O–H groups in total. The van der Waals surface area contributed by atoms with Crippen molar-refractivity contribution in [2.24, 2.45) is 0 Å². The number of rotatable bonds is 10. The van der Waals surface area contributed by atoms with Gasteiger partial charge in [-0.25, -0.2) is 9.53 Å². The van der Waals surface area contributed by atoms with Crippen LogP contribution in [0.1, 0.15) is 13.3 Å². The third-order valence-electron chi connectivity index (χ3n) is 1.78. The van der Waals surface area contributed by atoms with E-state index in [4.69, 9.17) is 5.11 Å². The fourth-order valence-electron chi connectivity index (χ4n) is 0.869. The van der Waals surface area contributed by atoms with Gasteiger partial charge in [0.15, 0.2) is 0 Å². The van der Waals surface area contributed by atoms with Gasteiger partial charge in [-0.1, -0.05) is 6.92 Å². The molecule has 0 heterocycles. The number of carboxylic acid groups (broad SMARTS) is 1. The second kappa shape index (κ2) is 6.91. The first-order valence-electron chi connectivity index (χ1n) is 5.35. The van der Waals surface area contributed by atoms with Crippen LogP contribution < -0.4 is 0 Å². The van der Waals surface area contributed by atoms with Crippen LogP contribution in [0.3, 0.4) is 0 Å². The van der Waals surface area contributed by atoms with Gasteiger partial charge < -0.3 is 9.84 Å². The fourth-order valence-corrected chi connectivity index (χ4v) is 0.869. The Morgan fingerprint density at radius 3 is 1.64 bits per heavy atom. The highest BCUT2D eigenvalue weighted by Gasteiger charge is 2.51. The molecular weight excluding hydrogens is 340 g/mol. The van der Waals surface area contributed by atoms with Crippen molar-refractivity contribution in [3.63, 3.8) is 0 Å². The summed E-state index contributed by atoms with van der Waals surface area (Å²) in [5.74, 6) is -3.05. The largest absolute Gasteiger partial charge is 0.475 e. The Bertz CT molecular complexity index is 386. The number of carbonyl (C=O) groups is 1. The highest BCUT2D eigenvalue weighted by atomic mass is 19.3. The highest BCUT2D eigenvalue weighted by molar-refractivity contribution is 5.73. The molecule has 0 unspecified atom stereocenters. The van der Waals surface area contributed by atoms with Crippen LogP contribution in [-0.4, -0.2) is 48.7 Å². The van der Waals surface area contributed by atoms with Gasteiger partial charge in [0.05, 0.1) is 0 Å². The van der Waals surface area contributed by atoms with Gasteiger partial charge in [0.25, 0.3) is 0 Å². The summed E-state index contributed by atoms with van der Waals surface area (Å²) in [6.45, 7) is -3.57. The van der Waals surface area contributed by atoms with Crippen LogP contribution in [-0.2, 0) is 19.0 Å². The second-order valence-electron chi connectivity index (χ2n) is 3.78. The zero-order chi connectivity index (χ0) is 17.8. The molecule has 0 atom stereocenters. The maximum absolute atomic E-state index is 12.8. The quantitative estimate of drug-likeness (QED) is 0.614. The highest BCUT2D eigenvalue weighted by Crippen LogP contribution is 2.31. The van der Waals surface area contributed by atoms with E-state index in [-0.39, 0.29) is 0 Å². The van der Waals surface area contributed by atoms with Gasteiger partial charge in [-0.2, -0.15) is 35.1 Å². The molecule has 0 radical (unpaired) electrons. The van der Waals surface area contributed by atoms with Crippen molar-refractivity contribution < 1.29 is 59.2 Å². The lowest BCUT2D eigenvalue weighted by Crippen LogP contribution is -2.43. The summed E-state index contributed by atoms with van der Waals surface area (Å²) in [4.78, 5) is 9.85. The smallest absolute Gasteiger partial charge is 0.460 e. The van der Waals surface area contributed by atoms with Gasteiger partial charge in [0, 0.05) is 6.42 Å². The fraction of sp³-hybridized carbons (Fsp3) is 0.889. The van der Waals surface area contributed by atoms with Crippen molar-refractivity contribution in [1.82, 2.24) is 0 Å². The van der Waals surface area contributed by atoms with Crippen LogP contribution in [0.5, 0.6) is 0 Å². The third-order valence-corrected chi connectivity index (χ3v) is 1.78. The number of hydrogen-bond acceptors (Lipinski definition) is 4. The summed E-state index contributed by atoms with van der Waals surface area (Å²) in [5.41, 5.74) is 0. The van der Waals surface area contributed by atoms with Crippen molar-refractivity contribution in [3.05, 3.63) is 0 Å². The standard InChI is InChI=1S/C9H10F8O5/c1-2-6(10,11)21-7(12,13)3-20-4-8(14,15)22-9(16,17)5(18)19/h2-4H2,1H3,(H,18,19). The van der Waals surface area contributed by atoms with E-state index in [1.165, 1.54) is 0 Å². The van der Waals surface area contributed by atoms with Gasteiger partial charge in [-0.3, -0.25) is 4.74 Å². The van der Waals surface area contributed by atoms with Crippen molar-refractivity contribution >= 4 is 5.97 Å². The van der Waals surface area contributed by atoms with E-state index in [1.54, 1.807) is 0 Å². The molecule has 0 saturated heterocycles. The van der Waals surface area contributed by atoms with Gasteiger partial charge in [0.1, 0.15) is 13.2 Å². The molecule has 0 aromatic rings. The molecule has 13 heteroatoms. The molecule has 0 spiro atoms. The molecule has 0 aliphatic heterocycles. The minimum atomic E-state index is -5.30. The minimum Gasteiger partial charge on any atom is -0.475 e. The zero-order valence-corrected chi connectivity index (χ0v) is 10.7. The van der Waals surface area contributed by atoms with E-state index in [1.807, 2.05) is 0 Å². The molecule has 0 amide bonds. The summed E-state index contributed by atoms with van der Waals surface area (Å²) in [7, 11) is 0. The Hall–Kier alpha value is -1.21. The van der Waals surface area contributed by atoms with Gasteiger partial charge in [-0.05, 0) is 0 Å². The molecule has 0 rings (SSSR count). The maximum Gasteiger partial charge on any atom is 0.460 e. The first-order valence-corrected chi connectivity index (χ1v) is 5.35. The van der Waals surface area contributed by atoms with Gasteiger partial charge >= 0.3 is 30.4 Å². The Labute approximate surface area is 117 Å². The van der Waals surface area contributed by atoms with Gasteiger partial charge in [-0.15, -0.1) is 0 Å². The first kappa shape index (κ1) is 20.8. The molecule has 0 aliphatic carbocycles. The molecule has 0 fully saturated rings. The van der Waals surface area contributed by atoms with Crippen molar-refractivity contribution in [2.75, 3.05) is 13.2 Å². The monoisotopic (exact) mass is 350 g/mol. The summed E-state index contributed by atoms with van der Waals surface area (Å²) in [6, 6.07) is 0. The zero-order valence-electron chi connectivity index (χ0n) is 10.7.